The number of hydrogen-bond donors (Lipinski definition) is 0. The number of rotatable bonds is 8. The van der Waals surface area contributed by atoms with Crippen molar-refractivity contribution >= 4 is 25.3 Å². The second-order valence-electron chi connectivity index (χ2n) is 6.14. The van der Waals surface area contributed by atoms with Crippen LogP contribution in [0.5, 0.6) is 0 Å². The van der Waals surface area contributed by atoms with E-state index >= 15 is 0 Å². The predicted octanol–water partition coefficient (Wildman–Crippen LogP) is 2.04. The highest BCUT2D eigenvalue weighted by Crippen LogP contribution is 2.42. The Balaban J connectivity index is 1.91. The van der Waals surface area contributed by atoms with Gasteiger partial charge in [0.05, 0.1) is 15.1 Å². The van der Waals surface area contributed by atoms with Gasteiger partial charge < -0.3 is 9.47 Å². The van der Waals surface area contributed by atoms with Gasteiger partial charge in [-0.05, 0) is 18.0 Å². The minimum atomic E-state index is -0.302. The van der Waals surface area contributed by atoms with Crippen LogP contribution in [0.1, 0.15) is 25.7 Å². The second kappa shape index (κ2) is 8.83. The molecule has 21 heavy (non-hydrogen) atoms. The van der Waals surface area contributed by atoms with E-state index in [1.165, 1.54) is 37.8 Å². The van der Waals surface area contributed by atoms with Crippen LogP contribution in [0.25, 0.3) is 0 Å². The lowest BCUT2D eigenvalue weighted by Crippen LogP contribution is -2.32. The van der Waals surface area contributed by atoms with E-state index in [1.54, 1.807) is 14.2 Å². The van der Waals surface area contributed by atoms with Gasteiger partial charge in [0.15, 0.2) is 0 Å². The molecule has 0 aromatic rings. The monoisotopic (exact) mass is 323 g/mol. The number of aliphatic imine (C=N–C) groups is 1. The Bertz CT molecular complexity index is 370. The van der Waals surface area contributed by atoms with E-state index in [0.29, 0.717) is 0 Å². The van der Waals surface area contributed by atoms with Gasteiger partial charge >= 0.3 is 0 Å². The third kappa shape index (κ3) is 4.74. The molecule has 0 bridgehead atoms. The lowest BCUT2D eigenvalue weighted by Gasteiger charge is -2.33. The number of hydrogen-bond acceptors (Lipinski definition) is 3. The topological polar surface area (TPSA) is 30.8 Å². The van der Waals surface area contributed by atoms with Crippen LogP contribution in [0.2, 0.25) is 17.6 Å². The first-order chi connectivity index (χ1) is 10.3. The Labute approximate surface area is 133 Å². The molecule has 0 aromatic heterocycles. The molecule has 0 saturated carbocycles. The Kier molecular flexibility index (Phi) is 7.09. The van der Waals surface area contributed by atoms with Crippen molar-refractivity contribution in [3.63, 3.8) is 0 Å². The number of allylic oxidation sites excluding steroid dienone is 3. The van der Waals surface area contributed by atoms with Crippen molar-refractivity contribution in [3.8, 4) is 0 Å². The first-order valence-corrected chi connectivity index (χ1v) is 11.9. The summed E-state index contributed by atoms with van der Waals surface area (Å²) in [5.41, 5.74) is 0.975. The quantitative estimate of drug-likeness (QED) is 0.389. The average Bonchev–Trinajstić information content (AvgIpc) is 2.95. The Morgan fingerprint density at radius 3 is 2.90 bits per heavy atom. The van der Waals surface area contributed by atoms with E-state index in [9.17, 15) is 0 Å². The summed E-state index contributed by atoms with van der Waals surface area (Å²) in [7, 11) is 3.24. The molecule has 2 aliphatic rings. The van der Waals surface area contributed by atoms with Crippen LogP contribution in [0.4, 0.5) is 0 Å². The summed E-state index contributed by atoms with van der Waals surface area (Å²) in [5.74, 6) is 0.0802. The Morgan fingerprint density at radius 1 is 1.33 bits per heavy atom. The van der Waals surface area contributed by atoms with Crippen molar-refractivity contribution in [2.45, 2.75) is 54.8 Å². The predicted molar refractivity (Wildman–Crippen MR) is 96.2 cm³/mol. The van der Waals surface area contributed by atoms with Gasteiger partial charge in [-0.3, -0.25) is 4.99 Å². The lowest BCUT2D eigenvalue weighted by atomic mass is 9.87. The van der Waals surface area contributed by atoms with Crippen LogP contribution in [-0.4, -0.2) is 50.9 Å². The van der Waals surface area contributed by atoms with Gasteiger partial charge in [-0.1, -0.05) is 49.6 Å². The molecule has 0 amide bonds. The van der Waals surface area contributed by atoms with E-state index in [4.69, 9.17) is 14.5 Å². The molecule has 2 rings (SSSR count). The Morgan fingerprint density at radius 2 is 2.19 bits per heavy atom. The first-order valence-electron chi connectivity index (χ1n) is 8.26. The molecule has 5 heteroatoms. The highest BCUT2D eigenvalue weighted by Gasteiger charge is 2.37. The third-order valence-electron chi connectivity index (χ3n) is 4.86. The highest BCUT2D eigenvalue weighted by molar-refractivity contribution is 6.39. The summed E-state index contributed by atoms with van der Waals surface area (Å²) in [6.07, 6.45) is 16.1. The molecular weight excluding hydrogens is 294 g/mol. The zero-order valence-corrected chi connectivity index (χ0v) is 16.3. The molecule has 0 aliphatic carbocycles. The van der Waals surface area contributed by atoms with Gasteiger partial charge in [0, 0.05) is 30.0 Å². The fraction of sp³-hybridized carbons (Fsp3) is 0.688. The number of nitrogens with zero attached hydrogens (tertiary/aromatic N) is 1. The van der Waals surface area contributed by atoms with Gasteiger partial charge in [-0.2, -0.15) is 0 Å². The van der Waals surface area contributed by atoms with Crippen LogP contribution in [-0.2, 0) is 9.47 Å². The third-order valence-corrected chi connectivity index (χ3v) is 9.63. The minimum Gasteiger partial charge on any atom is -0.360 e. The summed E-state index contributed by atoms with van der Waals surface area (Å²) >= 11 is 0. The van der Waals surface area contributed by atoms with E-state index in [-0.39, 0.29) is 30.5 Å². The van der Waals surface area contributed by atoms with Crippen LogP contribution in [0.15, 0.2) is 29.3 Å². The average molecular weight is 324 g/mol. The summed E-state index contributed by atoms with van der Waals surface area (Å²) in [6.45, 7) is 0. The smallest absolute Gasteiger partial charge is 0.134 e. The highest BCUT2D eigenvalue weighted by atomic mass is 28.2. The van der Waals surface area contributed by atoms with Crippen molar-refractivity contribution < 1.29 is 9.47 Å². The van der Waals surface area contributed by atoms with Gasteiger partial charge in [0.25, 0.3) is 0 Å². The van der Waals surface area contributed by atoms with Gasteiger partial charge in [0.2, 0.25) is 0 Å². The van der Waals surface area contributed by atoms with Gasteiger partial charge in [0.1, 0.15) is 5.91 Å². The molecular formula is C16H29NO2Si2. The van der Waals surface area contributed by atoms with Crippen molar-refractivity contribution in [2.75, 3.05) is 14.2 Å². The van der Waals surface area contributed by atoms with Gasteiger partial charge in [-0.15, -0.1) is 0 Å². The summed E-state index contributed by atoms with van der Waals surface area (Å²) in [5, 5.41) is 0. The van der Waals surface area contributed by atoms with Crippen molar-refractivity contribution in [2.24, 2.45) is 4.99 Å². The van der Waals surface area contributed by atoms with Gasteiger partial charge in [-0.25, -0.2) is 0 Å². The van der Waals surface area contributed by atoms with Crippen LogP contribution in [0, 0.1) is 0 Å². The molecule has 1 fully saturated rings. The minimum absolute atomic E-state index is 0.0507. The molecule has 3 nitrogen and oxygen atoms in total. The fourth-order valence-electron chi connectivity index (χ4n) is 3.63. The van der Waals surface area contributed by atoms with E-state index in [0.717, 1.165) is 5.54 Å². The lowest BCUT2D eigenvalue weighted by molar-refractivity contribution is -0.0441. The van der Waals surface area contributed by atoms with E-state index in [1.807, 2.05) is 6.21 Å². The maximum Gasteiger partial charge on any atom is 0.134 e. The normalized spacial score (nSPS) is 30.1. The first kappa shape index (κ1) is 16.9. The summed E-state index contributed by atoms with van der Waals surface area (Å²) in [6, 6.07) is 2.78. The molecule has 0 spiro atoms. The standard InChI is InChI=1S/C16H29NO2Si2/c1-18-15(19-2)21-13-7-10-16(14-8-6-12-20-14)9-4-3-5-11-17-16/h3-5,9,11,14-15H,6-8,10,12-13,20-21H2,1-2H3. The summed E-state index contributed by atoms with van der Waals surface area (Å²) < 4.78 is 10.7. The van der Waals surface area contributed by atoms with Crippen LogP contribution < -0.4 is 0 Å². The largest absolute Gasteiger partial charge is 0.360 e. The molecule has 2 unspecified atom stereocenters. The molecule has 0 N–H and O–H groups in total. The SMILES string of the molecule is COC(OC)[SiH2]CCCC1(C2CCC[SiH2]2)C=CC=CC=N1. The molecule has 0 aromatic carbocycles. The van der Waals surface area contributed by atoms with Crippen molar-refractivity contribution in [1.29, 1.82) is 0 Å². The van der Waals surface area contributed by atoms with Crippen molar-refractivity contribution in [1.82, 2.24) is 0 Å². The maximum atomic E-state index is 5.33. The zero-order chi connectivity index (χ0) is 15.0. The van der Waals surface area contributed by atoms with E-state index < -0.39 is 0 Å². The summed E-state index contributed by atoms with van der Waals surface area (Å²) in [4.78, 5) is 4.98. The second-order valence-corrected chi connectivity index (χ2v) is 10.4. The molecule has 2 atom stereocenters. The maximum absolute atomic E-state index is 5.33. The molecule has 118 valence electrons. The van der Waals surface area contributed by atoms with Crippen molar-refractivity contribution in [3.05, 3.63) is 24.3 Å². The Hall–Kier alpha value is -0.496. The molecule has 2 heterocycles. The fourth-order valence-corrected chi connectivity index (χ4v) is 7.57. The molecule has 2 aliphatic heterocycles. The van der Waals surface area contributed by atoms with Crippen LogP contribution in [0.3, 0.4) is 0 Å². The molecule has 0 radical (unpaired) electrons. The molecule has 1 saturated heterocycles. The van der Waals surface area contributed by atoms with E-state index in [2.05, 4.69) is 24.3 Å². The van der Waals surface area contributed by atoms with Crippen LogP contribution >= 0.6 is 0 Å². The number of ether oxygens (including phenoxy) is 2. The zero-order valence-electron chi connectivity index (χ0n) is 13.5. The number of methoxy groups -OCH3 is 2.